The molecule has 3 heterocycles. The lowest BCUT2D eigenvalue weighted by Crippen LogP contribution is -2.46. The molecule has 0 spiro atoms. The monoisotopic (exact) mass is 455 g/mol. The molecule has 0 bridgehead atoms. The Morgan fingerprint density at radius 2 is 1.88 bits per heavy atom. The Balaban J connectivity index is 1.75. The summed E-state index contributed by atoms with van der Waals surface area (Å²) in [6, 6.07) is 0.392. The summed E-state index contributed by atoms with van der Waals surface area (Å²) in [5.41, 5.74) is -0.0912. The molecule has 2 amide bonds. The number of aromatic nitrogens is 3. The van der Waals surface area contributed by atoms with Gasteiger partial charge in [-0.1, -0.05) is 13.8 Å². The Labute approximate surface area is 193 Å². The fourth-order valence-corrected chi connectivity index (χ4v) is 4.65. The van der Waals surface area contributed by atoms with Gasteiger partial charge >= 0.3 is 0 Å². The van der Waals surface area contributed by atoms with Crippen molar-refractivity contribution >= 4 is 23.5 Å². The number of piperidine rings is 1. The van der Waals surface area contributed by atoms with E-state index in [0.717, 1.165) is 36.6 Å². The summed E-state index contributed by atoms with van der Waals surface area (Å²) in [5.74, 6) is -0.921. The molecule has 0 radical (unpaired) electrons. The highest BCUT2D eigenvalue weighted by Crippen LogP contribution is 2.26. The highest BCUT2D eigenvalue weighted by atomic mass is 16.3. The standard InChI is InChI=1S/C24H33N5O4/c1-14(2)13-27-22-17(8-11-19(30)28-15(3)6-5-7-16(28)4)12-25-29(22)24(33)20(23(27)32)21(31)26-18-9-10-18/h8,11-12,14-16,18,32H,5-7,9-10,13H2,1-4H3,(H,26,31)/b11-8+. The van der Waals surface area contributed by atoms with Crippen molar-refractivity contribution in [3.05, 3.63) is 33.8 Å². The van der Waals surface area contributed by atoms with Crippen molar-refractivity contribution in [3.63, 3.8) is 0 Å². The number of fused-ring (bicyclic) bond motifs is 1. The average Bonchev–Trinajstić information content (AvgIpc) is 3.44. The zero-order valence-electron chi connectivity index (χ0n) is 19.7. The number of amides is 2. The van der Waals surface area contributed by atoms with Gasteiger partial charge in [0.25, 0.3) is 11.5 Å². The number of nitrogens with zero attached hydrogens (tertiary/aromatic N) is 4. The third-order valence-corrected chi connectivity index (χ3v) is 6.45. The molecule has 0 aromatic carbocycles. The van der Waals surface area contributed by atoms with Crippen molar-refractivity contribution in [3.8, 4) is 5.88 Å². The second-order valence-corrected chi connectivity index (χ2v) is 9.80. The summed E-state index contributed by atoms with van der Waals surface area (Å²) >= 11 is 0. The molecule has 4 rings (SSSR count). The first-order valence-electron chi connectivity index (χ1n) is 11.8. The number of carbonyl (C=O) groups excluding carboxylic acids is 2. The van der Waals surface area contributed by atoms with Gasteiger partial charge in [0.2, 0.25) is 11.8 Å². The zero-order chi connectivity index (χ0) is 23.9. The van der Waals surface area contributed by atoms with E-state index >= 15 is 0 Å². The van der Waals surface area contributed by atoms with Crippen LogP contribution in [0.3, 0.4) is 0 Å². The number of hydrogen-bond donors (Lipinski definition) is 2. The van der Waals surface area contributed by atoms with Crippen molar-refractivity contribution in [2.24, 2.45) is 5.92 Å². The van der Waals surface area contributed by atoms with E-state index in [-0.39, 0.29) is 41.4 Å². The average molecular weight is 456 g/mol. The van der Waals surface area contributed by atoms with E-state index < -0.39 is 11.5 Å². The topological polar surface area (TPSA) is 109 Å². The van der Waals surface area contributed by atoms with Crippen LogP contribution in [0.4, 0.5) is 0 Å². The van der Waals surface area contributed by atoms with Gasteiger partial charge < -0.3 is 15.3 Å². The molecule has 2 aliphatic rings. The molecule has 178 valence electrons. The number of nitrogens with one attached hydrogen (secondary N) is 1. The van der Waals surface area contributed by atoms with Crippen LogP contribution in [0.15, 0.2) is 17.1 Å². The lowest BCUT2D eigenvalue weighted by atomic mass is 9.97. The molecular formula is C24H33N5O4. The maximum atomic E-state index is 13.1. The van der Waals surface area contributed by atoms with Crippen LogP contribution in [-0.4, -0.2) is 54.1 Å². The van der Waals surface area contributed by atoms with Crippen molar-refractivity contribution in [1.29, 1.82) is 0 Å². The van der Waals surface area contributed by atoms with Gasteiger partial charge in [-0.2, -0.15) is 9.61 Å². The molecule has 1 saturated carbocycles. The molecule has 1 aliphatic heterocycles. The lowest BCUT2D eigenvalue weighted by molar-refractivity contribution is -0.131. The number of hydrogen-bond acceptors (Lipinski definition) is 5. The van der Waals surface area contributed by atoms with E-state index in [1.165, 1.54) is 16.8 Å². The molecule has 2 N–H and O–H groups in total. The van der Waals surface area contributed by atoms with Gasteiger partial charge in [-0.15, -0.1) is 0 Å². The number of carbonyl (C=O) groups is 2. The van der Waals surface area contributed by atoms with Crippen LogP contribution < -0.4 is 10.9 Å². The first-order valence-corrected chi connectivity index (χ1v) is 11.8. The summed E-state index contributed by atoms with van der Waals surface area (Å²) < 4.78 is 2.68. The Kier molecular flexibility index (Phi) is 6.32. The Morgan fingerprint density at radius 3 is 2.48 bits per heavy atom. The molecule has 2 aromatic heterocycles. The van der Waals surface area contributed by atoms with E-state index in [1.807, 2.05) is 18.7 Å². The van der Waals surface area contributed by atoms with E-state index in [9.17, 15) is 19.5 Å². The largest absolute Gasteiger partial charge is 0.494 e. The zero-order valence-corrected chi connectivity index (χ0v) is 19.7. The molecule has 9 nitrogen and oxygen atoms in total. The van der Waals surface area contributed by atoms with E-state index in [4.69, 9.17) is 0 Å². The van der Waals surface area contributed by atoms with E-state index in [2.05, 4.69) is 24.3 Å². The molecule has 33 heavy (non-hydrogen) atoms. The second-order valence-electron chi connectivity index (χ2n) is 9.80. The third kappa shape index (κ3) is 4.54. The van der Waals surface area contributed by atoms with Crippen LogP contribution in [0.1, 0.15) is 75.7 Å². The molecule has 1 saturated heterocycles. The van der Waals surface area contributed by atoms with Gasteiger partial charge in [0.15, 0.2) is 5.56 Å². The van der Waals surface area contributed by atoms with Crippen LogP contribution in [-0.2, 0) is 11.3 Å². The van der Waals surface area contributed by atoms with Crippen molar-refractivity contribution in [1.82, 2.24) is 24.4 Å². The number of rotatable bonds is 6. The Hall–Kier alpha value is -3.10. The minimum Gasteiger partial charge on any atom is -0.494 e. The second kappa shape index (κ2) is 9.03. The predicted molar refractivity (Wildman–Crippen MR) is 125 cm³/mol. The first kappa shape index (κ1) is 23.1. The van der Waals surface area contributed by atoms with Crippen LogP contribution >= 0.6 is 0 Å². The normalized spacial score (nSPS) is 21.3. The van der Waals surface area contributed by atoms with Gasteiger partial charge in [-0.05, 0) is 57.9 Å². The summed E-state index contributed by atoms with van der Waals surface area (Å²) in [6.07, 6.45) is 9.44. The maximum absolute atomic E-state index is 13.1. The quantitative estimate of drug-likeness (QED) is 0.651. The van der Waals surface area contributed by atoms with Crippen molar-refractivity contribution in [2.75, 3.05) is 0 Å². The van der Waals surface area contributed by atoms with Crippen LogP contribution in [0, 0.1) is 5.92 Å². The third-order valence-electron chi connectivity index (χ3n) is 6.45. The van der Waals surface area contributed by atoms with Crippen LogP contribution in [0.25, 0.3) is 11.7 Å². The molecule has 2 unspecified atom stereocenters. The van der Waals surface area contributed by atoms with E-state index in [1.54, 1.807) is 6.08 Å². The molecule has 2 fully saturated rings. The number of likely N-dealkylation sites (tertiary alicyclic amines) is 1. The highest BCUT2D eigenvalue weighted by Gasteiger charge is 2.30. The SMILES string of the molecule is CC(C)Cn1c(O)c(C(=O)NC2CC2)c(=O)n2ncc(/C=C/C(=O)N3C(C)CCCC3C)c12. The Morgan fingerprint density at radius 1 is 1.21 bits per heavy atom. The van der Waals surface area contributed by atoms with E-state index in [0.29, 0.717) is 17.8 Å². The molecule has 2 atom stereocenters. The summed E-state index contributed by atoms with van der Waals surface area (Å²) in [4.78, 5) is 40.6. The summed E-state index contributed by atoms with van der Waals surface area (Å²) in [6.45, 7) is 8.45. The maximum Gasteiger partial charge on any atom is 0.291 e. The fraction of sp³-hybridized carbons (Fsp3) is 0.583. The Bertz CT molecular complexity index is 1150. The first-order chi connectivity index (χ1) is 15.7. The molecule has 9 heteroatoms. The smallest absolute Gasteiger partial charge is 0.291 e. The summed E-state index contributed by atoms with van der Waals surface area (Å²) in [7, 11) is 0. The molecule has 1 aliphatic carbocycles. The van der Waals surface area contributed by atoms with Gasteiger partial charge in [-0.25, -0.2) is 0 Å². The van der Waals surface area contributed by atoms with Gasteiger partial charge in [0.05, 0.1) is 6.20 Å². The van der Waals surface area contributed by atoms with Gasteiger partial charge in [0.1, 0.15) is 5.65 Å². The van der Waals surface area contributed by atoms with Gasteiger partial charge in [-0.3, -0.25) is 19.0 Å². The molecular weight excluding hydrogens is 422 g/mol. The predicted octanol–water partition coefficient (Wildman–Crippen LogP) is 2.55. The lowest BCUT2D eigenvalue weighted by Gasteiger charge is -2.38. The van der Waals surface area contributed by atoms with Crippen LogP contribution in [0.2, 0.25) is 0 Å². The minimum absolute atomic E-state index is 0.0484. The molecule has 2 aromatic rings. The summed E-state index contributed by atoms with van der Waals surface area (Å²) in [5, 5.41) is 17.9. The van der Waals surface area contributed by atoms with Crippen molar-refractivity contribution in [2.45, 2.75) is 84.5 Å². The number of aromatic hydroxyl groups is 1. The van der Waals surface area contributed by atoms with Crippen LogP contribution in [0.5, 0.6) is 5.88 Å². The fourth-order valence-electron chi connectivity index (χ4n) is 4.65. The van der Waals surface area contributed by atoms with Crippen molar-refractivity contribution < 1.29 is 14.7 Å². The highest BCUT2D eigenvalue weighted by molar-refractivity contribution is 5.97. The van der Waals surface area contributed by atoms with Gasteiger partial charge in [0, 0.05) is 36.3 Å². The minimum atomic E-state index is -0.676.